The number of nitrogens with one attached hydrogen (secondary N) is 1. The Labute approximate surface area is 96.7 Å². The molecule has 82 valence electrons. The van der Waals surface area contributed by atoms with Crippen LogP contribution in [-0.2, 0) is 0 Å². The Balaban J connectivity index is 1.83. The lowest BCUT2D eigenvalue weighted by atomic mass is 10.00. The van der Waals surface area contributed by atoms with Gasteiger partial charge in [-0.15, -0.1) is 0 Å². The quantitative estimate of drug-likeness (QED) is 0.839. The molecular weight excluding hydrogens is 202 g/mol. The molecule has 0 aromatic heterocycles. The Morgan fingerprint density at radius 2 is 2.00 bits per heavy atom. The van der Waals surface area contributed by atoms with Crippen molar-refractivity contribution in [1.29, 1.82) is 0 Å². The summed E-state index contributed by atoms with van der Waals surface area (Å²) in [6, 6.07) is 9.66. The largest absolute Gasteiger partial charge is 0.312 e. The van der Waals surface area contributed by atoms with Gasteiger partial charge in [-0.25, -0.2) is 0 Å². The van der Waals surface area contributed by atoms with Crippen molar-refractivity contribution < 1.29 is 0 Å². The van der Waals surface area contributed by atoms with Gasteiger partial charge >= 0.3 is 0 Å². The predicted octanol–water partition coefficient (Wildman–Crippen LogP) is 2.80. The van der Waals surface area contributed by atoms with Crippen molar-refractivity contribution in [2.45, 2.75) is 25.8 Å². The topological polar surface area (TPSA) is 12.0 Å². The average molecular weight is 221 g/mol. The van der Waals surface area contributed by atoms with E-state index >= 15 is 0 Å². The van der Waals surface area contributed by atoms with E-state index in [2.05, 4.69) is 43.4 Å². The van der Waals surface area contributed by atoms with Gasteiger partial charge in [-0.3, -0.25) is 0 Å². The van der Waals surface area contributed by atoms with E-state index in [-0.39, 0.29) is 0 Å². The zero-order valence-electron chi connectivity index (χ0n) is 9.49. The SMILES string of the molecule is Cc1ccc(C(C)CNC2CSC2)cc1. The molecule has 2 rings (SSSR count). The van der Waals surface area contributed by atoms with E-state index in [4.69, 9.17) is 0 Å². The van der Waals surface area contributed by atoms with Gasteiger partial charge in [0, 0.05) is 24.1 Å². The van der Waals surface area contributed by atoms with Crippen LogP contribution in [-0.4, -0.2) is 24.1 Å². The number of benzene rings is 1. The Hall–Kier alpha value is -0.470. The Morgan fingerprint density at radius 3 is 2.53 bits per heavy atom. The molecule has 1 aromatic rings. The van der Waals surface area contributed by atoms with Crippen molar-refractivity contribution in [3.05, 3.63) is 35.4 Å². The van der Waals surface area contributed by atoms with E-state index in [0.29, 0.717) is 5.92 Å². The fraction of sp³-hybridized carbons (Fsp3) is 0.538. The van der Waals surface area contributed by atoms with Crippen molar-refractivity contribution in [2.24, 2.45) is 0 Å². The van der Waals surface area contributed by atoms with Crippen LogP contribution in [0.3, 0.4) is 0 Å². The molecule has 1 unspecified atom stereocenters. The molecule has 1 aliphatic rings. The van der Waals surface area contributed by atoms with Crippen molar-refractivity contribution in [3.63, 3.8) is 0 Å². The Morgan fingerprint density at radius 1 is 1.33 bits per heavy atom. The summed E-state index contributed by atoms with van der Waals surface area (Å²) >= 11 is 2.03. The lowest BCUT2D eigenvalue weighted by Gasteiger charge is -2.27. The van der Waals surface area contributed by atoms with E-state index < -0.39 is 0 Å². The van der Waals surface area contributed by atoms with Crippen LogP contribution in [0.2, 0.25) is 0 Å². The molecule has 1 fully saturated rings. The second kappa shape index (κ2) is 5.04. The first-order chi connectivity index (χ1) is 7.25. The van der Waals surface area contributed by atoms with Crippen molar-refractivity contribution in [1.82, 2.24) is 5.32 Å². The highest BCUT2D eigenvalue weighted by atomic mass is 32.2. The van der Waals surface area contributed by atoms with Gasteiger partial charge in [0.2, 0.25) is 0 Å². The first-order valence-electron chi connectivity index (χ1n) is 5.63. The van der Waals surface area contributed by atoms with Gasteiger partial charge in [0.05, 0.1) is 0 Å². The predicted molar refractivity (Wildman–Crippen MR) is 68.7 cm³/mol. The molecule has 0 spiro atoms. The Kier molecular flexibility index (Phi) is 3.71. The van der Waals surface area contributed by atoms with E-state index in [1.165, 1.54) is 22.6 Å². The van der Waals surface area contributed by atoms with Crippen LogP contribution in [0.5, 0.6) is 0 Å². The summed E-state index contributed by atoms with van der Waals surface area (Å²) in [4.78, 5) is 0. The van der Waals surface area contributed by atoms with Crippen molar-refractivity contribution in [2.75, 3.05) is 18.1 Å². The van der Waals surface area contributed by atoms with Gasteiger partial charge in [0.15, 0.2) is 0 Å². The molecule has 0 radical (unpaired) electrons. The normalized spacial score (nSPS) is 18.5. The highest BCUT2D eigenvalue weighted by molar-refractivity contribution is 8.00. The molecule has 1 aliphatic heterocycles. The third kappa shape index (κ3) is 2.99. The molecule has 1 heterocycles. The van der Waals surface area contributed by atoms with Gasteiger partial charge in [0.25, 0.3) is 0 Å². The molecule has 0 aliphatic carbocycles. The minimum Gasteiger partial charge on any atom is -0.312 e. The van der Waals surface area contributed by atoms with E-state index in [1.54, 1.807) is 0 Å². The lowest BCUT2D eigenvalue weighted by Crippen LogP contribution is -2.41. The van der Waals surface area contributed by atoms with Crippen molar-refractivity contribution in [3.8, 4) is 0 Å². The molecular formula is C13H19NS. The number of hydrogen-bond acceptors (Lipinski definition) is 2. The maximum absolute atomic E-state index is 3.61. The molecule has 1 N–H and O–H groups in total. The molecule has 15 heavy (non-hydrogen) atoms. The van der Waals surface area contributed by atoms with Crippen molar-refractivity contribution >= 4 is 11.8 Å². The summed E-state index contributed by atoms with van der Waals surface area (Å²) < 4.78 is 0. The highest BCUT2D eigenvalue weighted by Gasteiger charge is 2.18. The summed E-state index contributed by atoms with van der Waals surface area (Å²) in [6.07, 6.45) is 0. The second-order valence-electron chi connectivity index (χ2n) is 4.45. The van der Waals surface area contributed by atoms with E-state index in [0.717, 1.165) is 12.6 Å². The standard InChI is InChI=1S/C13H19NS/c1-10-3-5-12(6-4-10)11(2)7-14-13-8-15-9-13/h3-6,11,13-14H,7-9H2,1-2H3. The minimum atomic E-state index is 0.621. The fourth-order valence-corrected chi connectivity index (χ4v) is 2.42. The minimum absolute atomic E-state index is 0.621. The molecule has 1 aromatic carbocycles. The maximum atomic E-state index is 3.61. The van der Waals surface area contributed by atoms with Crippen LogP contribution in [0, 0.1) is 6.92 Å². The van der Waals surface area contributed by atoms with E-state index in [1.807, 2.05) is 11.8 Å². The average Bonchev–Trinajstić information content (AvgIpc) is 2.16. The lowest BCUT2D eigenvalue weighted by molar-refractivity contribution is 0.544. The van der Waals surface area contributed by atoms with Crippen LogP contribution in [0.1, 0.15) is 24.0 Å². The molecule has 0 bridgehead atoms. The smallest absolute Gasteiger partial charge is 0.0249 e. The molecule has 0 amide bonds. The first kappa shape index (κ1) is 11.0. The summed E-state index contributed by atoms with van der Waals surface area (Å²) in [6.45, 7) is 5.54. The molecule has 1 saturated heterocycles. The van der Waals surface area contributed by atoms with E-state index in [9.17, 15) is 0 Å². The number of aryl methyl sites for hydroxylation is 1. The summed E-state index contributed by atoms with van der Waals surface area (Å²) in [5.41, 5.74) is 2.79. The molecule has 1 atom stereocenters. The van der Waals surface area contributed by atoms with Gasteiger partial charge in [-0.05, 0) is 18.4 Å². The second-order valence-corrected chi connectivity index (χ2v) is 5.53. The van der Waals surface area contributed by atoms with Crippen LogP contribution in [0.25, 0.3) is 0 Å². The summed E-state index contributed by atoms with van der Waals surface area (Å²) in [5.74, 6) is 3.21. The van der Waals surface area contributed by atoms with Crippen LogP contribution in [0.15, 0.2) is 24.3 Å². The van der Waals surface area contributed by atoms with Gasteiger partial charge < -0.3 is 5.32 Å². The maximum Gasteiger partial charge on any atom is 0.0249 e. The molecule has 1 nitrogen and oxygen atoms in total. The molecule has 2 heteroatoms. The zero-order valence-corrected chi connectivity index (χ0v) is 10.3. The van der Waals surface area contributed by atoms with Gasteiger partial charge in [0.1, 0.15) is 0 Å². The Bertz CT molecular complexity index is 303. The zero-order chi connectivity index (χ0) is 10.7. The number of rotatable bonds is 4. The van der Waals surface area contributed by atoms with Gasteiger partial charge in [-0.1, -0.05) is 36.8 Å². The fourth-order valence-electron chi connectivity index (χ4n) is 1.71. The number of thioether (sulfide) groups is 1. The van der Waals surface area contributed by atoms with Gasteiger partial charge in [-0.2, -0.15) is 11.8 Å². The molecule has 0 saturated carbocycles. The third-order valence-electron chi connectivity index (χ3n) is 3.00. The summed E-state index contributed by atoms with van der Waals surface area (Å²) in [5, 5.41) is 3.61. The summed E-state index contributed by atoms with van der Waals surface area (Å²) in [7, 11) is 0. The van der Waals surface area contributed by atoms with Crippen LogP contribution < -0.4 is 5.32 Å². The number of hydrogen-bond donors (Lipinski definition) is 1. The highest BCUT2D eigenvalue weighted by Crippen LogP contribution is 2.19. The third-order valence-corrected chi connectivity index (χ3v) is 4.27. The van der Waals surface area contributed by atoms with Crippen LogP contribution >= 0.6 is 11.8 Å². The first-order valence-corrected chi connectivity index (χ1v) is 6.79. The van der Waals surface area contributed by atoms with Crippen LogP contribution in [0.4, 0.5) is 0 Å². The monoisotopic (exact) mass is 221 g/mol.